The molecule has 0 radical (unpaired) electrons. The Bertz CT molecular complexity index is 1050. The van der Waals surface area contributed by atoms with Crippen LogP contribution in [0.3, 0.4) is 0 Å². The predicted molar refractivity (Wildman–Crippen MR) is 97.8 cm³/mol. The van der Waals surface area contributed by atoms with Crippen molar-refractivity contribution < 1.29 is 19.7 Å². The number of pyridine rings is 1. The summed E-state index contributed by atoms with van der Waals surface area (Å²) in [6, 6.07) is 3.28. The lowest BCUT2D eigenvalue weighted by Crippen LogP contribution is -2.30. The Hall–Kier alpha value is -2.82. The molecule has 0 spiro atoms. The van der Waals surface area contributed by atoms with Crippen molar-refractivity contribution in [3.8, 4) is 5.88 Å². The van der Waals surface area contributed by atoms with Gasteiger partial charge in [-0.1, -0.05) is 6.07 Å². The van der Waals surface area contributed by atoms with Gasteiger partial charge in [-0.15, -0.1) is 0 Å². The van der Waals surface area contributed by atoms with E-state index in [0.29, 0.717) is 30.1 Å². The monoisotopic (exact) mass is 387 g/mol. The van der Waals surface area contributed by atoms with Gasteiger partial charge in [0.1, 0.15) is 18.5 Å². The van der Waals surface area contributed by atoms with Crippen LogP contribution < -0.4 is 10.3 Å². The number of fused-ring (bicyclic) bond motifs is 1. The summed E-state index contributed by atoms with van der Waals surface area (Å²) in [5, 5.41) is 20.2. The summed E-state index contributed by atoms with van der Waals surface area (Å²) in [5.74, 6) is 0.314. The number of aryl methyl sites for hydroxylation is 1. The third-order valence-corrected chi connectivity index (χ3v) is 4.85. The van der Waals surface area contributed by atoms with Crippen LogP contribution in [0, 0.1) is 0 Å². The van der Waals surface area contributed by atoms with E-state index in [1.165, 1.54) is 23.3 Å². The van der Waals surface area contributed by atoms with Crippen molar-refractivity contribution in [3.63, 3.8) is 0 Å². The van der Waals surface area contributed by atoms with Crippen LogP contribution in [-0.4, -0.2) is 59.2 Å². The van der Waals surface area contributed by atoms with Crippen LogP contribution >= 0.6 is 0 Å². The van der Waals surface area contributed by atoms with Crippen molar-refractivity contribution in [3.05, 3.63) is 46.9 Å². The van der Waals surface area contributed by atoms with Gasteiger partial charge in [0, 0.05) is 25.7 Å². The van der Waals surface area contributed by atoms with Gasteiger partial charge >= 0.3 is 0 Å². The van der Waals surface area contributed by atoms with Crippen molar-refractivity contribution in [2.75, 3.05) is 6.61 Å². The fourth-order valence-electron chi connectivity index (χ4n) is 3.24. The van der Waals surface area contributed by atoms with Gasteiger partial charge in [-0.3, -0.25) is 9.36 Å². The zero-order valence-electron chi connectivity index (χ0n) is 15.5. The molecule has 10 nitrogen and oxygen atoms in total. The molecule has 10 heteroatoms. The number of imidazole rings is 1. The molecule has 0 unspecified atom stereocenters. The molecular formula is C18H21N5O5. The minimum absolute atomic E-state index is 0.0662. The molecule has 3 aromatic heterocycles. The number of aliphatic hydroxyl groups is 2. The number of aliphatic hydroxyl groups excluding tert-OH is 2. The van der Waals surface area contributed by atoms with Crippen molar-refractivity contribution in [1.82, 2.24) is 24.1 Å². The first-order valence-electron chi connectivity index (χ1n) is 8.93. The van der Waals surface area contributed by atoms with Crippen molar-refractivity contribution in [2.45, 2.75) is 37.9 Å². The summed E-state index contributed by atoms with van der Waals surface area (Å²) in [5.41, 5.74) is 1.78. The van der Waals surface area contributed by atoms with Crippen LogP contribution in [0.4, 0.5) is 0 Å². The lowest BCUT2D eigenvalue weighted by Gasteiger charge is -2.16. The normalized spacial score (nSPS) is 24.7. The van der Waals surface area contributed by atoms with Gasteiger partial charge in [0.15, 0.2) is 17.4 Å². The number of rotatable bonds is 5. The lowest BCUT2D eigenvalue weighted by molar-refractivity contribution is -0.0299. The van der Waals surface area contributed by atoms with Crippen molar-refractivity contribution >= 4 is 11.2 Å². The van der Waals surface area contributed by atoms with E-state index in [9.17, 15) is 15.0 Å². The fourth-order valence-corrected chi connectivity index (χ4v) is 3.24. The predicted octanol–water partition coefficient (Wildman–Crippen LogP) is -0.214. The van der Waals surface area contributed by atoms with E-state index in [2.05, 4.69) is 15.0 Å². The molecule has 3 aromatic rings. The Kier molecular flexibility index (Phi) is 4.84. The van der Waals surface area contributed by atoms with Gasteiger partial charge in [0.05, 0.1) is 19.0 Å². The highest BCUT2D eigenvalue weighted by Crippen LogP contribution is 2.32. The molecule has 4 atom stereocenters. The minimum Gasteiger partial charge on any atom is -0.476 e. The van der Waals surface area contributed by atoms with E-state index in [1.54, 1.807) is 30.8 Å². The van der Waals surface area contributed by atoms with Gasteiger partial charge in [0.2, 0.25) is 11.4 Å². The smallest absolute Gasteiger partial charge is 0.250 e. The highest BCUT2D eigenvalue weighted by Gasteiger charge is 2.42. The van der Waals surface area contributed by atoms with Crippen molar-refractivity contribution in [1.29, 1.82) is 0 Å². The number of nitrogens with zero attached hydrogens (tertiary/aromatic N) is 5. The van der Waals surface area contributed by atoms with Gasteiger partial charge in [0.25, 0.3) is 0 Å². The Labute approximate surface area is 160 Å². The van der Waals surface area contributed by atoms with Crippen LogP contribution in [-0.2, 0) is 18.2 Å². The van der Waals surface area contributed by atoms with Crippen LogP contribution in [0.2, 0.25) is 0 Å². The van der Waals surface area contributed by atoms with E-state index in [-0.39, 0.29) is 5.56 Å². The minimum atomic E-state index is -1.09. The average molecular weight is 387 g/mol. The second-order valence-corrected chi connectivity index (χ2v) is 6.80. The van der Waals surface area contributed by atoms with Crippen LogP contribution in [0.25, 0.3) is 11.2 Å². The van der Waals surface area contributed by atoms with Gasteiger partial charge in [-0.2, -0.15) is 4.98 Å². The second kappa shape index (κ2) is 7.30. The number of aromatic nitrogens is 5. The third kappa shape index (κ3) is 3.26. The maximum absolute atomic E-state index is 11.4. The molecule has 0 bridgehead atoms. The summed E-state index contributed by atoms with van der Waals surface area (Å²) < 4.78 is 14.5. The first-order chi connectivity index (χ1) is 13.5. The molecule has 1 aliphatic rings. The molecule has 0 amide bonds. The average Bonchev–Trinajstić information content (AvgIpc) is 3.22. The molecule has 0 aliphatic carbocycles. The molecule has 4 rings (SSSR count). The number of hydrogen-bond acceptors (Lipinski definition) is 8. The lowest BCUT2D eigenvalue weighted by atomic mass is 10.1. The quantitative estimate of drug-likeness (QED) is 0.616. The van der Waals surface area contributed by atoms with Crippen LogP contribution in [0.5, 0.6) is 5.88 Å². The van der Waals surface area contributed by atoms with E-state index in [0.717, 1.165) is 5.56 Å². The zero-order valence-corrected chi connectivity index (χ0v) is 15.5. The van der Waals surface area contributed by atoms with Crippen LogP contribution in [0.15, 0.2) is 35.8 Å². The van der Waals surface area contributed by atoms with E-state index < -0.39 is 24.5 Å². The summed E-state index contributed by atoms with van der Waals surface area (Å²) in [4.78, 5) is 24.1. The zero-order chi connectivity index (χ0) is 19.8. The topological polar surface area (TPSA) is 125 Å². The molecule has 1 saturated heterocycles. The first-order valence-corrected chi connectivity index (χ1v) is 8.93. The Morgan fingerprint density at radius 2 is 2.04 bits per heavy atom. The number of ether oxygens (including phenoxy) is 2. The summed E-state index contributed by atoms with van der Waals surface area (Å²) in [7, 11) is 1.70. The van der Waals surface area contributed by atoms with Gasteiger partial charge < -0.3 is 24.3 Å². The molecule has 2 N–H and O–H groups in total. The number of hydrogen-bond donors (Lipinski definition) is 2. The molecular weight excluding hydrogens is 366 g/mol. The van der Waals surface area contributed by atoms with Crippen LogP contribution in [0.1, 0.15) is 18.7 Å². The molecule has 0 aromatic carbocycles. The molecule has 28 heavy (non-hydrogen) atoms. The second-order valence-electron chi connectivity index (χ2n) is 6.80. The highest BCUT2D eigenvalue weighted by molar-refractivity contribution is 5.76. The Morgan fingerprint density at radius 3 is 2.75 bits per heavy atom. The SMILES string of the molecule is C[C@H]1O[C@@H](n2cnc3c(OCCc4ccc(=O)n(C)c4)ncnc32)[C@H](O)[C@@H]1O. The van der Waals surface area contributed by atoms with Gasteiger partial charge in [-0.05, 0) is 12.5 Å². The Morgan fingerprint density at radius 1 is 1.21 bits per heavy atom. The molecule has 1 fully saturated rings. The van der Waals surface area contributed by atoms with Crippen molar-refractivity contribution in [2.24, 2.45) is 7.05 Å². The van der Waals surface area contributed by atoms with Gasteiger partial charge in [-0.25, -0.2) is 9.97 Å². The maximum atomic E-state index is 11.4. The molecule has 148 valence electrons. The van der Waals surface area contributed by atoms with E-state index >= 15 is 0 Å². The highest BCUT2D eigenvalue weighted by atomic mass is 16.6. The molecule has 4 heterocycles. The summed E-state index contributed by atoms with van der Waals surface area (Å²) >= 11 is 0. The third-order valence-electron chi connectivity index (χ3n) is 4.85. The molecule has 1 aliphatic heterocycles. The van der Waals surface area contributed by atoms with E-state index in [1.807, 2.05) is 0 Å². The first kappa shape index (κ1) is 18.5. The molecule has 0 saturated carbocycles. The fraction of sp³-hybridized carbons (Fsp3) is 0.444. The maximum Gasteiger partial charge on any atom is 0.250 e. The summed E-state index contributed by atoms with van der Waals surface area (Å²) in [6.45, 7) is 2.03. The largest absolute Gasteiger partial charge is 0.476 e. The Balaban J connectivity index is 1.52. The standard InChI is InChI=1S/C18H21N5O5/c1-10-14(25)15(26)18(28-10)23-9-21-13-16(23)19-8-20-17(13)27-6-5-11-3-4-12(24)22(2)7-11/h3-4,7-10,14-15,18,25-26H,5-6H2,1-2H3/t10-,14-,15-,18-/m1/s1. The van der Waals surface area contributed by atoms with E-state index in [4.69, 9.17) is 9.47 Å². The summed E-state index contributed by atoms with van der Waals surface area (Å²) in [6.07, 6.45) is 1.83.